The van der Waals surface area contributed by atoms with Crippen LogP contribution in [-0.4, -0.2) is 31.1 Å². The zero-order valence-electron chi connectivity index (χ0n) is 12.8. The third-order valence-corrected chi connectivity index (χ3v) is 4.80. The highest BCUT2D eigenvalue weighted by Crippen LogP contribution is 2.33. The summed E-state index contributed by atoms with van der Waals surface area (Å²) < 4.78 is 5.64. The topological polar surface area (TPSA) is 50.4 Å². The van der Waals surface area contributed by atoms with Crippen LogP contribution >= 0.6 is 0 Å². The molecular formula is C17H24N2O2. The predicted molar refractivity (Wildman–Crippen MR) is 82.5 cm³/mol. The molecule has 3 rings (SSSR count). The Hall–Kier alpha value is -1.55. The molecule has 2 N–H and O–H groups in total. The van der Waals surface area contributed by atoms with Crippen LogP contribution in [0.4, 0.5) is 0 Å². The molecule has 4 heteroatoms. The van der Waals surface area contributed by atoms with Crippen LogP contribution in [0.2, 0.25) is 0 Å². The summed E-state index contributed by atoms with van der Waals surface area (Å²) in [5.41, 5.74) is 1.02. The molecule has 4 unspecified atom stereocenters. The molecule has 4 atom stereocenters. The molecule has 21 heavy (non-hydrogen) atoms. The van der Waals surface area contributed by atoms with Crippen molar-refractivity contribution >= 4 is 5.91 Å². The van der Waals surface area contributed by atoms with Crippen molar-refractivity contribution in [2.24, 2.45) is 5.92 Å². The van der Waals surface area contributed by atoms with Gasteiger partial charge in [0.15, 0.2) is 0 Å². The van der Waals surface area contributed by atoms with Crippen LogP contribution in [-0.2, 0) is 4.79 Å². The Morgan fingerprint density at radius 1 is 1.29 bits per heavy atom. The minimum Gasteiger partial charge on any atom is -0.493 e. The molecule has 4 nitrogen and oxygen atoms in total. The van der Waals surface area contributed by atoms with Crippen LogP contribution in [0.25, 0.3) is 0 Å². The summed E-state index contributed by atoms with van der Waals surface area (Å²) in [7, 11) is 0. The van der Waals surface area contributed by atoms with Gasteiger partial charge >= 0.3 is 0 Å². The number of carbonyl (C=O) groups is 1. The van der Waals surface area contributed by atoms with Crippen molar-refractivity contribution in [3.63, 3.8) is 0 Å². The van der Waals surface area contributed by atoms with Gasteiger partial charge in [0.05, 0.1) is 12.5 Å². The number of benzene rings is 1. The monoisotopic (exact) mass is 288 g/mol. The van der Waals surface area contributed by atoms with Crippen LogP contribution in [0.3, 0.4) is 0 Å². The van der Waals surface area contributed by atoms with Gasteiger partial charge < -0.3 is 15.4 Å². The van der Waals surface area contributed by atoms with Crippen LogP contribution in [0.15, 0.2) is 24.3 Å². The van der Waals surface area contributed by atoms with Crippen LogP contribution in [0.5, 0.6) is 5.75 Å². The lowest BCUT2D eigenvalue weighted by Crippen LogP contribution is -2.56. The minimum absolute atomic E-state index is 0.0868. The maximum atomic E-state index is 12.7. The van der Waals surface area contributed by atoms with E-state index in [0.29, 0.717) is 18.6 Å². The van der Waals surface area contributed by atoms with E-state index in [9.17, 15) is 4.79 Å². The van der Waals surface area contributed by atoms with Gasteiger partial charge in [-0.15, -0.1) is 0 Å². The number of nitrogens with one attached hydrogen (secondary N) is 2. The highest BCUT2D eigenvalue weighted by molar-refractivity contribution is 5.85. The van der Waals surface area contributed by atoms with Crippen LogP contribution in [0, 0.1) is 5.92 Å². The third-order valence-electron chi connectivity index (χ3n) is 4.80. The molecule has 0 aliphatic carbocycles. The van der Waals surface area contributed by atoms with Gasteiger partial charge in [-0.3, -0.25) is 4.79 Å². The normalized spacial score (nSPS) is 31.9. The van der Waals surface area contributed by atoms with E-state index in [1.807, 2.05) is 24.3 Å². The van der Waals surface area contributed by atoms with Gasteiger partial charge in [0.25, 0.3) is 0 Å². The second kappa shape index (κ2) is 6.06. The molecule has 0 saturated carbocycles. The molecule has 0 radical (unpaired) electrons. The standard InChI is InChI=1S/C17H24N2O2/c1-11-7-9-18-12(2)16(11)19-17(20)14-8-10-21-15-6-4-3-5-13(14)15/h3-6,11-12,14,16,18H,7-10H2,1-2H3,(H,19,20). The molecule has 2 heterocycles. The second-order valence-corrected chi connectivity index (χ2v) is 6.27. The predicted octanol–water partition coefficient (Wildman–Crippen LogP) is 2.06. The summed E-state index contributed by atoms with van der Waals surface area (Å²) in [4.78, 5) is 12.7. The molecular weight excluding hydrogens is 264 g/mol. The first kappa shape index (κ1) is 14.4. The molecule has 0 spiro atoms. The zero-order valence-corrected chi connectivity index (χ0v) is 12.8. The van der Waals surface area contributed by atoms with Gasteiger partial charge in [0.1, 0.15) is 5.75 Å². The number of amides is 1. The van der Waals surface area contributed by atoms with E-state index in [1.54, 1.807) is 0 Å². The quantitative estimate of drug-likeness (QED) is 0.876. The number of carbonyl (C=O) groups excluding carboxylic acids is 1. The lowest BCUT2D eigenvalue weighted by atomic mass is 9.87. The first-order valence-corrected chi connectivity index (χ1v) is 7.92. The number of hydrogen-bond donors (Lipinski definition) is 2. The molecule has 1 amide bonds. The minimum atomic E-state index is -0.0868. The number of hydrogen-bond acceptors (Lipinski definition) is 3. The molecule has 2 aliphatic rings. The fourth-order valence-electron chi connectivity index (χ4n) is 3.48. The summed E-state index contributed by atoms with van der Waals surface area (Å²) in [5, 5.41) is 6.72. The average Bonchev–Trinajstić information content (AvgIpc) is 2.50. The number of rotatable bonds is 2. The summed E-state index contributed by atoms with van der Waals surface area (Å²) >= 11 is 0. The van der Waals surface area contributed by atoms with E-state index >= 15 is 0 Å². The zero-order chi connectivity index (χ0) is 14.8. The van der Waals surface area contributed by atoms with Crippen molar-refractivity contribution in [1.29, 1.82) is 0 Å². The summed E-state index contributed by atoms with van der Waals surface area (Å²) in [5.74, 6) is 1.42. The fraction of sp³-hybridized carbons (Fsp3) is 0.588. The first-order valence-electron chi connectivity index (χ1n) is 7.92. The molecule has 1 fully saturated rings. The van der Waals surface area contributed by atoms with Gasteiger partial charge in [-0.25, -0.2) is 0 Å². The summed E-state index contributed by atoms with van der Waals surface area (Å²) in [6, 6.07) is 8.41. The number of piperidine rings is 1. The number of fused-ring (bicyclic) bond motifs is 1. The largest absolute Gasteiger partial charge is 0.493 e. The van der Waals surface area contributed by atoms with Crippen LogP contribution < -0.4 is 15.4 Å². The molecule has 1 saturated heterocycles. The Balaban J connectivity index is 1.74. The Labute approximate surface area is 126 Å². The third kappa shape index (κ3) is 2.91. The van der Waals surface area contributed by atoms with E-state index in [0.717, 1.165) is 30.7 Å². The van der Waals surface area contributed by atoms with E-state index in [2.05, 4.69) is 24.5 Å². The Morgan fingerprint density at radius 2 is 2.10 bits per heavy atom. The Bertz CT molecular complexity index is 507. The van der Waals surface area contributed by atoms with Crippen molar-refractivity contribution in [3.8, 4) is 5.75 Å². The highest BCUT2D eigenvalue weighted by atomic mass is 16.5. The lowest BCUT2D eigenvalue weighted by molar-refractivity contribution is -0.124. The van der Waals surface area contributed by atoms with Gasteiger partial charge in [-0.2, -0.15) is 0 Å². The van der Waals surface area contributed by atoms with Crippen molar-refractivity contribution in [2.45, 2.75) is 44.7 Å². The van der Waals surface area contributed by atoms with E-state index in [1.165, 1.54) is 0 Å². The van der Waals surface area contributed by atoms with Crippen LogP contribution in [0.1, 0.15) is 38.2 Å². The molecule has 2 aliphatic heterocycles. The van der Waals surface area contributed by atoms with Crippen molar-refractivity contribution in [3.05, 3.63) is 29.8 Å². The maximum Gasteiger partial charge on any atom is 0.228 e. The maximum absolute atomic E-state index is 12.7. The van der Waals surface area contributed by atoms with Crippen molar-refractivity contribution in [1.82, 2.24) is 10.6 Å². The van der Waals surface area contributed by atoms with E-state index in [-0.39, 0.29) is 17.9 Å². The van der Waals surface area contributed by atoms with Crippen molar-refractivity contribution in [2.75, 3.05) is 13.2 Å². The molecule has 114 valence electrons. The van der Waals surface area contributed by atoms with E-state index in [4.69, 9.17) is 4.74 Å². The molecule has 1 aromatic rings. The first-order chi connectivity index (χ1) is 10.2. The van der Waals surface area contributed by atoms with Gasteiger partial charge in [0.2, 0.25) is 5.91 Å². The fourth-order valence-corrected chi connectivity index (χ4v) is 3.48. The van der Waals surface area contributed by atoms with Crippen molar-refractivity contribution < 1.29 is 9.53 Å². The molecule has 1 aromatic carbocycles. The molecule has 0 bridgehead atoms. The van der Waals surface area contributed by atoms with Gasteiger partial charge in [-0.05, 0) is 38.3 Å². The van der Waals surface area contributed by atoms with Gasteiger partial charge in [0, 0.05) is 17.6 Å². The molecule has 0 aromatic heterocycles. The Morgan fingerprint density at radius 3 is 2.90 bits per heavy atom. The second-order valence-electron chi connectivity index (χ2n) is 6.27. The summed E-state index contributed by atoms with van der Waals surface area (Å²) in [6.07, 6.45) is 1.87. The lowest BCUT2D eigenvalue weighted by Gasteiger charge is -2.37. The van der Waals surface area contributed by atoms with Gasteiger partial charge in [-0.1, -0.05) is 25.1 Å². The van der Waals surface area contributed by atoms with E-state index < -0.39 is 0 Å². The number of para-hydroxylation sites is 1. The Kier molecular flexibility index (Phi) is 4.15. The SMILES string of the molecule is CC1CCNC(C)C1NC(=O)C1CCOc2ccccc21. The highest BCUT2D eigenvalue weighted by Gasteiger charge is 2.33. The average molecular weight is 288 g/mol. The summed E-state index contributed by atoms with van der Waals surface area (Å²) in [6.45, 7) is 6.02. The number of ether oxygens (including phenoxy) is 1. The smallest absolute Gasteiger partial charge is 0.228 e.